The van der Waals surface area contributed by atoms with Crippen LogP contribution in [-0.4, -0.2) is 15.2 Å². The molecule has 1 aliphatic rings. The zero-order valence-corrected chi connectivity index (χ0v) is 10.0. The summed E-state index contributed by atoms with van der Waals surface area (Å²) in [5.74, 6) is -0.0199. The van der Waals surface area contributed by atoms with E-state index in [9.17, 15) is 10.2 Å². The molecule has 0 spiro atoms. The number of nitrogens with zero attached hydrogens (tertiary/aromatic N) is 1. The van der Waals surface area contributed by atoms with Crippen molar-refractivity contribution in [3.8, 4) is 17.0 Å². The molecule has 18 heavy (non-hydrogen) atoms. The minimum absolute atomic E-state index is 0.0199. The fourth-order valence-electron chi connectivity index (χ4n) is 2.60. The molecule has 2 aromatic rings. The number of hydrogen-bond acceptors (Lipinski definition) is 3. The van der Waals surface area contributed by atoms with Crippen molar-refractivity contribution in [1.82, 2.24) is 4.98 Å². The number of aliphatic hydroxyl groups is 1. The molecule has 1 heterocycles. The maximum absolute atomic E-state index is 9.98. The van der Waals surface area contributed by atoms with Gasteiger partial charge in [0.05, 0.1) is 11.8 Å². The van der Waals surface area contributed by atoms with E-state index >= 15 is 0 Å². The van der Waals surface area contributed by atoms with Gasteiger partial charge in [-0.25, -0.2) is 4.98 Å². The molecule has 3 heteroatoms. The lowest BCUT2D eigenvalue weighted by molar-refractivity contribution is 0.150. The van der Waals surface area contributed by atoms with E-state index in [0.717, 1.165) is 36.0 Å². The topological polar surface area (TPSA) is 53.4 Å². The van der Waals surface area contributed by atoms with Crippen molar-refractivity contribution in [3.05, 3.63) is 47.7 Å². The van der Waals surface area contributed by atoms with Crippen molar-refractivity contribution in [2.75, 3.05) is 0 Å². The number of aromatic hydroxyl groups is 1. The van der Waals surface area contributed by atoms with Gasteiger partial charge in [-0.15, -0.1) is 0 Å². The molecule has 2 N–H and O–H groups in total. The molecular weight excluding hydrogens is 226 g/mol. The first-order valence-electron chi connectivity index (χ1n) is 6.22. The molecule has 1 atom stereocenters. The summed E-state index contributed by atoms with van der Waals surface area (Å²) in [6.45, 7) is 0. The average molecular weight is 241 g/mol. The van der Waals surface area contributed by atoms with Crippen molar-refractivity contribution in [3.63, 3.8) is 0 Å². The third kappa shape index (κ3) is 1.87. The monoisotopic (exact) mass is 241 g/mol. The van der Waals surface area contributed by atoms with Crippen LogP contribution < -0.4 is 0 Å². The van der Waals surface area contributed by atoms with E-state index in [2.05, 4.69) is 4.98 Å². The molecule has 1 aromatic heterocycles. The van der Waals surface area contributed by atoms with E-state index in [0.29, 0.717) is 5.69 Å². The van der Waals surface area contributed by atoms with Crippen molar-refractivity contribution in [1.29, 1.82) is 0 Å². The van der Waals surface area contributed by atoms with Crippen LogP contribution in [0.2, 0.25) is 0 Å². The fraction of sp³-hybridized carbons (Fsp3) is 0.267. The number of rotatable bonds is 1. The van der Waals surface area contributed by atoms with Gasteiger partial charge in [-0.3, -0.25) is 0 Å². The first-order valence-corrected chi connectivity index (χ1v) is 6.22. The molecule has 0 aliphatic heterocycles. The second kappa shape index (κ2) is 4.42. The summed E-state index contributed by atoms with van der Waals surface area (Å²) in [7, 11) is 0. The Morgan fingerprint density at radius 2 is 1.94 bits per heavy atom. The molecule has 0 saturated heterocycles. The lowest BCUT2D eigenvalue weighted by Crippen LogP contribution is -2.12. The van der Waals surface area contributed by atoms with Gasteiger partial charge in [0.2, 0.25) is 5.88 Å². The Hall–Kier alpha value is -1.87. The van der Waals surface area contributed by atoms with Gasteiger partial charge < -0.3 is 10.2 Å². The van der Waals surface area contributed by atoms with Crippen LogP contribution in [0.3, 0.4) is 0 Å². The maximum atomic E-state index is 9.98. The SMILES string of the molecule is Oc1cc(-c2ccccc2)c2c(n1)C(O)CCC2. The molecule has 92 valence electrons. The largest absolute Gasteiger partial charge is 0.493 e. The number of aromatic nitrogens is 1. The smallest absolute Gasteiger partial charge is 0.211 e. The van der Waals surface area contributed by atoms with Crippen LogP contribution in [0.15, 0.2) is 36.4 Å². The van der Waals surface area contributed by atoms with Crippen LogP contribution in [0.5, 0.6) is 5.88 Å². The molecule has 1 aliphatic carbocycles. The molecule has 0 saturated carbocycles. The maximum Gasteiger partial charge on any atom is 0.211 e. The predicted octanol–water partition coefficient (Wildman–Crippen LogP) is 2.82. The number of pyridine rings is 1. The number of benzene rings is 1. The van der Waals surface area contributed by atoms with Crippen LogP contribution in [0.4, 0.5) is 0 Å². The van der Waals surface area contributed by atoms with E-state index in [4.69, 9.17) is 0 Å². The lowest BCUT2D eigenvalue weighted by atomic mass is 9.88. The summed E-state index contributed by atoms with van der Waals surface area (Å²) in [5, 5.41) is 19.7. The van der Waals surface area contributed by atoms with Crippen molar-refractivity contribution in [2.24, 2.45) is 0 Å². The third-order valence-corrected chi connectivity index (χ3v) is 3.45. The highest BCUT2D eigenvalue weighted by Crippen LogP contribution is 2.36. The van der Waals surface area contributed by atoms with Gasteiger partial charge in [-0.1, -0.05) is 30.3 Å². The molecule has 1 unspecified atom stereocenters. The Labute approximate surface area is 106 Å². The van der Waals surface area contributed by atoms with Gasteiger partial charge in [-0.05, 0) is 36.0 Å². The Morgan fingerprint density at radius 3 is 2.72 bits per heavy atom. The lowest BCUT2D eigenvalue weighted by Gasteiger charge is -2.23. The summed E-state index contributed by atoms with van der Waals surface area (Å²) in [4.78, 5) is 4.09. The zero-order valence-electron chi connectivity index (χ0n) is 10.0. The van der Waals surface area contributed by atoms with Crippen molar-refractivity contribution >= 4 is 0 Å². The van der Waals surface area contributed by atoms with Crippen LogP contribution >= 0.6 is 0 Å². The first-order chi connectivity index (χ1) is 8.75. The summed E-state index contributed by atoms with van der Waals surface area (Å²) >= 11 is 0. The second-order valence-electron chi connectivity index (χ2n) is 4.67. The first kappa shape index (κ1) is 11.2. The van der Waals surface area contributed by atoms with Gasteiger partial charge in [0.25, 0.3) is 0 Å². The van der Waals surface area contributed by atoms with E-state index in [1.807, 2.05) is 30.3 Å². The zero-order chi connectivity index (χ0) is 12.5. The van der Waals surface area contributed by atoms with Gasteiger partial charge >= 0.3 is 0 Å². The molecule has 0 bridgehead atoms. The summed E-state index contributed by atoms with van der Waals surface area (Å²) < 4.78 is 0. The van der Waals surface area contributed by atoms with E-state index in [1.54, 1.807) is 6.07 Å². The summed E-state index contributed by atoms with van der Waals surface area (Å²) in [5.41, 5.74) is 3.75. The van der Waals surface area contributed by atoms with E-state index in [-0.39, 0.29) is 5.88 Å². The van der Waals surface area contributed by atoms with Crippen molar-refractivity contribution < 1.29 is 10.2 Å². The Morgan fingerprint density at radius 1 is 1.17 bits per heavy atom. The van der Waals surface area contributed by atoms with E-state index in [1.165, 1.54) is 0 Å². The van der Waals surface area contributed by atoms with Crippen molar-refractivity contribution in [2.45, 2.75) is 25.4 Å². The van der Waals surface area contributed by atoms with Crippen LogP contribution in [0, 0.1) is 0 Å². The Balaban J connectivity index is 2.21. The van der Waals surface area contributed by atoms with Gasteiger partial charge in [0, 0.05) is 6.07 Å². The molecule has 1 aromatic carbocycles. The third-order valence-electron chi connectivity index (χ3n) is 3.45. The number of aliphatic hydroxyl groups excluding tert-OH is 1. The highest BCUT2D eigenvalue weighted by atomic mass is 16.3. The van der Waals surface area contributed by atoms with Crippen LogP contribution in [-0.2, 0) is 6.42 Å². The van der Waals surface area contributed by atoms with Gasteiger partial charge in [-0.2, -0.15) is 0 Å². The fourth-order valence-corrected chi connectivity index (χ4v) is 2.60. The normalized spacial score (nSPS) is 18.4. The minimum atomic E-state index is -0.552. The quantitative estimate of drug-likeness (QED) is 0.807. The Kier molecular flexibility index (Phi) is 2.76. The standard InChI is InChI=1S/C15H15NO2/c17-13-8-4-7-11-12(9-14(18)16-15(11)13)10-5-2-1-3-6-10/h1-3,5-6,9,13,17H,4,7-8H2,(H,16,18). The van der Waals surface area contributed by atoms with Gasteiger partial charge in [0.1, 0.15) is 0 Å². The minimum Gasteiger partial charge on any atom is -0.493 e. The van der Waals surface area contributed by atoms with Crippen LogP contribution in [0.1, 0.15) is 30.2 Å². The molecule has 0 radical (unpaired) electrons. The van der Waals surface area contributed by atoms with E-state index < -0.39 is 6.10 Å². The second-order valence-corrected chi connectivity index (χ2v) is 4.67. The molecule has 0 fully saturated rings. The van der Waals surface area contributed by atoms with Crippen LogP contribution in [0.25, 0.3) is 11.1 Å². The summed E-state index contributed by atoms with van der Waals surface area (Å²) in [6.07, 6.45) is 2.03. The molecule has 3 nitrogen and oxygen atoms in total. The highest BCUT2D eigenvalue weighted by molar-refractivity contribution is 5.69. The molecule has 3 rings (SSSR count). The predicted molar refractivity (Wildman–Crippen MR) is 69.2 cm³/mol. The van der Waals surface area contributed by atoms with Gasteiger partial charge in [0.15, 0.2) is 0 Å². The molecule has 0 amide bonds. The summed E-state index contributed by atoms with van der Waals surface area (Å²) in [6, 6.07) is 11.6. The molecular formula is C15H15NO2. The average Bonchev–Trinajstić information content (AvgIpc) is 2.40. The Bertz CT molecular complexity index is 566. The number of fused-ring (bicyclic) bond motifs is 1. The number of hydrogen-bond donors (Lipinski definition) is 2. The highest BCUT2D eigenvalue weighted by Gasteiger charge is 2.23.